The maximum Gasteiger partial charge on any atom is 1.00 e. The van der Waals surface area contributed by atoms with Crippen LogP contribution in [0.25, 0.3) is 0 Å². The zero-order valence-electron chi connectivity index (χ0n) is 28.5. The van der Waals surface area contributed by atoms with E-state index >= 15 is 0 Å². The Morgan fingerprint density at radius 1 is 0.476 bits per heavy atom. The predicted molar refractivity (Wildman–Crippen MR) is 167 cm³/mol. The molecule has 0 N–H and O–H groups in total. The number of aliphatic carboxylic acids is 1. The Morgan fingerprint density at radius 2 is 0.786 bits per heavy atom. The average Bonchev–Trinajstić information content (AvgIpc) is 2.96. The molecule has 0 rings (SSSR count). The number of carboxylic acids is 1. The van der Waals surface area contributed by atoms with Crippen molar-refractivity contribution in [1.82, 2.24) is 0 Å². The lowest BCUT2D eigenvalue weighted by atomic mass is 10.1. The lowest BCUT2D eigenvalue weighted by molar-refractivity contribution is -0.305. The van der Waals surface area contributed by atoms with E-state index in [0.717, 1.165) is 96.3 Å². The number of carbonyl (C=O) groups is 4. The first-order valence-corrected chi connectivity index (χ1v) is 17.0. The summed E-state index contributed by atoms with van der Waals surface area (Å²) in [5.74, 6) is -1.85. The third-order valence-electron chi connectivity index (χ3n) is 6.85. The van der Waals surface area contributed by atoms with Crippen molar-refractivity contribution < 1.29 is 39.9 Å². The number of carbonyl (C=O) groups excluding carboxylic acids is 4. The van der Waals surface area contributed by atoms with Crippen molar-refractivity contribution in [3.05, 3.63) is 0 Å². The summed E-state index contributed by atoms with van der Waals surface area (Å²) >= 11 is 0. The molecule has 0 aliphatic rings. The molecule has 0 saturated carbocycles. The minimum absolute atomic E-state index is 0. The molecule has 0 spiro atoms. The van der Waals surface area contributed by atoms with Crippen molar-refractivity contribution >= 4 is 23.9 Å². The highest BCUT2D eigenvalue weighted by molar-refractivity contribution is 5.71. The molecule has 42 heavy (non-hydrogen) atoms. The van der Waals surface area contributed by atoms with E-state index in [-0.39, 0.29) is 39.0 Å². The minimum Gasteiger partial charge on any atom is -0.550 e. The summed E-state index contributed by atoms with van der Waals surface area (Å²) in [5, 5.41) is 9.92. The van der Waals surface area contributed by atoms with E-state index in [1.807, 2.05) is 0 Å². The Balaban J connectivity index is -0.00000124. The standard InChI is InChI=1S/C26H48O6.C8H16O2/c1-4-7-10-13-16-19-25(28)31-22-23(21-30-24(27)18-15-12-9-6-3)32-26(29)20-17-14-11-8-5-2;1-2-3-4-5-6-7-8(9)10/h23H,4-22H2,1-3H3;2-7H2,1H3,(H,9,10). The van der Waals surface area contributed by atoms with E-state index in [9.17, 15) is 24.3 Å². The molecule has 0 aromatic rings. The van der Waals surface area contributed by atoms with E-state index in [1.165, 1.54) is 25.7 Å². The van der Waals surface area contributed by atoms with E-state index in [4.69, 9.17) is 14.2 Å². The molecule has 0 amide bonds. The van der Waals surface area contributed by atoms with Crippen LogP contribution in [0, 0.1) is 0 Å². The fourth-order valence-electron chi connectivity index (χ4n) is 4.19. The van der Waals surface area contributed by atoms with E-state index < -0.39 is 12.1 Å². The van der Waals surface area contributed by atoms with Crippen LogP contribution in [-0.4, -0.2) is 43.2 Å². The summed E-state index contributed by atoms with van der Waals surface area (Å²) in [7, 11) is 0. The molecular formula is C34H64O8. The number of rotatable bonds is 28. The van der Waals surface area contributed by atoms with Gasteiger partial charge >= 0.3 is 19.3 Å². The normalized spacial score (nSPS) is 11.2. The van der Waals surface area contributed by atoms with Crippen molar-refractivity contribution in [2.75, 3.05) is 13.2 Å². The Bertz CT molecular complexity index is 656. The largest absolute Gasteiger partial charge is 1.00 e. The van der Waals surface area contributed by atoms with Crippen LogP contribution in [0.3, 0.4) is 0 Å². The van der Waals surface area contributed by atoms with Crippen LogP contribution in [0.4, 0.5) is 0 Å². The van der Waals surface area contributed by atoms with Crippen LogP contribution in [0.5, 0.6) is 0 Å². The fraction of sp³-hybridized carbons (Fsp3) is 0.882. The number of carboxylic acid groups (broad SMARTS) is 1. The number of hydrogen-bond donors (Lipinski definition) is 0. The van der Waals surface area contributed by atoms with Crippen molar-refractivity contribution in [3.8, 4) is 0 Å². The van der Waals surface area contributed by atoms with Gasteiger partial charge in [-0.2, -0.15) is 0 Å². The third-order valence-corrected chi connectivity index (χ3v) is 6.85. The van der Waals surface area contributed by atoms with Gasteiger partial charge in [0.2, 0.25) is 0 Å². The van der Waals surface area contributed by atoms with E-state index in [1.54, 1.807) is 0 Å². The molecule has 0 aliphatic heterocycles. The van der Waals surface area contributed by atoms with E-state index in [0.29, 0.717) is 19.3 Å². The molecule has 0 aromatic heterocycles. The Labute approximate surface area is 258 Å². The zero-order valence-corrected chi connectivity index (χ0v) is 27.5. The predicted octanol–water partition coefficient (Wildman–Crippen LogP) is 7.89. The van der Waals surface area contributed by atoms with Crippen LogP contribution in [0.1, 0.15) is 177 Å². The zero-order chi connectivity index (χ0) is 31.7. The summed E-state index contributed by atoms with van der Waals surface area (Å²) in [6, 6.07) is 0. The van der Waals surface area contributed by atoms with Crippen molar-refractivity contribution in [1.29, 1.82) is 0 Å². The SMILES string of the molecule is CCCCCCCC(=O)OCC(COC(=O)CCCCCC)OC(=O)CCCCCCC.CCCCCCCC(=O)[O-].[H+]. The molecular weight excluding hydrogens is 536 g/mol. The van der Waals surface area contributed by atoms with Gasteiger partial charge in [0.25, 0.3) is 0 Å². The summed E-state index contributed by atoms with van der Waals surface area (Å²) in [4.78, 5) is 46.1. The molecule has 0 saturated heterocycles. The van der Waals surface area contributed by atoms with Gasteiger partial charge in [0.05, 0.1) is 0 Å². The summed E-state index contributed by atoms with van der Waals surface area (Å²) in [6.45, 7) is 8.41. The molecule has 0 radical (unpaired) electrons. The molecule has 0 fully saturated rings. The summed E-state index contributed by atoms with van der Waals surface area (Å²) in [6.07, 6.45) is 20.4. The first-order chi connectivity index (χ1) is 20.3. The van der Waals surface area contributed by atoms with Crippen molar-refractivity contribution in [2.24, 2.45) is 0 Å². The summed E-state index contributed by atoms with van der Waals surface area (Å²) < 4.78 is 16.1. The van der Waals surface area contributed by atoms with Gasteiger partial charge in [0.1, 0.15) is 13.2 Å². The van der Waals surface area contributed by atoms with Crippen LogP contribution in [0.15, 0.2) is 0 Å². The molecule has 1 unspecified atom stereocenters. The highest BCUT2D eigenvalue weighted by Crippen LogP contribution is 2.10. The smallest absolute Gasteiger partial charge is 0.550 e. The lowest BCUT2D eigenvalue weighted by Crippen LogP contribution is -2.30. The van der Waals surface area contributed by atoms with Gasteiger partial charge in [0, 0.05) is 25.2 Å². The molecule has 0 aliphatic carbocycles. The van der Waals surface area contributed by atoms with Crippen LogP contribution >= 0.6 is 0 Å². The van der Waals surface area contributed by atoms with Crippen molar-refractivity contribution in [3.63, 3.8) is 0 Å². The Hall–Kier alpha value is -2.12. The van der Waals surface area contributed by atoms with Gasteiger partial charge in [-0.1, -0.05) is 124 Å². The quantitative estimate of drug-likeness (QED) is 0.0505. The van der Waals surface area contributed by atoms with Gasteiger partial charge in [-0.3, -0.25) is 14.4 Å². The van der Waals surface area contributed by atoms with Crippen LogP contribution in [0.2, 0.25) is 0 Å². The first kappa shape index (κ1) is 42.0. The first-order valence-electron chi connectivity index (χ1n) is 17.0. The molecule has 0 bridgehead atoms. The third kappa shape index (κ3) is 34.1. The lowest BCUT2D eigenvalue weighted by Gasteiger charge is -2.18. The number of hydrogen-bond acceptors (Lipinski definition) is 8. The highest BCUT2D eigenvalue weighted by Gasteiger charge is 2.19. The number of esters is 3. The second kappa shape index (κ2) is 33.4. The molecule has 8 nitrogen and oxygen atoms in total. The van der Waals surface area contributed by atoms with Gasteiger partial charge in [-0.05, 0) is 32.1 Å². The number of ether oxygens (including phenoxy) is 3. The van der Waals surface area contributed by atoms with Gasteiger partial charge in [0.15, 0.2) is 6.10 Å². The minimum atomic E-state index is -0.920. The molecule has 0 heterocycles. The summed E-state index contributed by atoms with van der Waals surface area (Å²) in [5.41, 5.74) is 0. The van der Waals surface area contributed by atoms with E-state index in [2.05, 4.69) is 27.7 Å². The van der Waals surface area contributed by atoms with Gasteiger partial charge < -0.3 is 24.1 Å². The highest BCUT2D eigenvalue weighted by atomic mass is 16.6. The Kier molecular flexibility index (Phi) is 33.4. The molecule has 1 atom stereocenters. The van der Waals surface area contributed by atoms with Crippen molar-refractivity contribution in [2.45, 2.75) is 181 Å². The fourth-order valence-corrected chi connectivity index (χ4v) is 4.19. The van der Waals surface area contributed by atoms with Crippen LogP contribution < -0.4 is 5.11 Å². The van der Waals surface area contributed by atoms with Gasteiger partial charge in [-0.25, -0.2) is 0 Å². The monoisotopic (exact) mass is 600 g/mol. The van der Waals surface area contributed by atoms with Crippen LogP contribution in [-0.2, 0) is 33.4 Å². The molecule has 8 heteroatoms. The maximum atomic E-state index is 12.2. The number of unbranched alkanes of at least 4 members (excludes halogenated alkanes) is 15. The Morgan fingerprint density at radius 3 is 1.14 bits per heavy atom. The second-order valence-electron chi connectivity index (χ2n) is 11.2. The topological polar surface area (TPSA) is 119 Å². The second-order valence-corrected chi connectivity index (χ2v) is 11.2. The molecule has 0 aromatic carbocycles. The van der Waals surface area contributed by atoms with Gasteiger partial charge in [-0.15, -0.1) is 0 Å². The average molecular weight is 601 g/mol. The molecule has 248 valence electrons. The maximum absolute atomic E-state index is 12.2.